The van der Waals surface area contributed by atoms with Gasteiger partial charge in [0, 0.05) is 6.61 Å². The molecular formula is C10H19BO. The van der Waals surface area contributed by atoms with Crippen LogP contribution in [0.15, 0.2) is 0 Å². The minimum absolute atomic E-state index is 0.638. The summed E-state index contributed by atoms with van der Waals surface area (Å²) in [5, 5.41) is 0. The Labute approximate surface area is 76.0 Å². The fraction of sp³-hybridized carbons (Fsp3) is 1.00. The summed E-state index contributed by atoms with van der Waals surface area (Å²) in [6.07, 6.45) is 11.3. The van der Waals surface area contributed by atoms with Crippen LogP contribution in [0.3, 0.4) is 0 Å². The Balaban J connectivity index is 1.80. The van der Waals surface area contributed by atoms with E-state index < -0.39 is 0 Å². The molecule has 0 radical (unpaired) electrons. The zero-order chi connectivity index (χ0) is 8.23. The molecule has 1 saturated heterocycles. The van der Waals surface area contributed by atoms with Crippen molar-refractivity contribution in [1.29, 1.82) is 0 Å². The van der Waals surface area contributed by atoms with Gasteiger partial charge in [0.25, 0.3) is 6.92 Å². The fourth-order valence-corrected chi connectivity index (χ4v) is 2.64. The zero-order valence-electron chi connectivity index (χ0n) is 7.93. The van der Waals surface area contributed by atoms with Gasteiger partial charge in [-0.3, -0.25) is 0 Å². The molecule has 1 aliphatic heterocycles. The molecule has 12 heavy (non-hydrogen) atoms. The van der Waals surface area contributed by atoms with Gasteiger partial charge < -0.3 is 4.65 Å². The Morgan fingerprint density at radius 2 is 1.75 bits per heavy atom. The topological polar surface area (TPSA) is 9.23 Å². The van der Waals surface area contributed by atoms with Crippen LogP contribution in [0, 0.1) is 0 Å². The highest BCUT2D eigenvalue weighted by molar-refractivity contribution is 6.53. The molecular weight excluding hydrogens is 147 g/mol. The van der Waals surface area contributed by atoms with Crippen molar-refractivity contribution in [3.8, 4) is 0 Å². The molecule has 0 bridgehead atoms. The Morgan fingerprint density at radius 1 is 0.917 bits per heavy atom. The van der Waals surface area contributed by atoms with Crippen LogP contribution in [0.5, 0.6) is 0 Å². The van der Waals surface area contributed by atoms with Crippen LogP contribution in [0.4, 0.5) is 0 Å². The smallest absolute Gasteiger partial charge is 0.296 e. The van der Waals surface area contributed by atoms with E-state index in [9.17, 15) is 0 Å². The highest BCUT2D eigenvalue weighted by Crippen LogP contribution is 2.34. The third kappa shape index (κ3) is 2.04. The molecule has 0 atom stereocenters. The summed E-state index contributed by atoms with van der Waals surface area (Å²) >= 11 is 0. The zero-order valence-corrected chi connectivity index (χ0v) is 7.93. The summed E-state index contributed by atoms with van der Waals surface area (Å²) < 4.78 is 5.82. The van der Waals surface area contributed by atoms with Gasteiger partial charge in [-0.2, -0.15) is 0 Å². The molecule has 2 rings (SSSR count). The highest BCUT2D eigenvalue weighted by Gasteiger charge is 2.29. The first kappa shape index (κ1) is 8.62. The van der Waals surface area contributed by atoms with E-state index in [2.05, 4.69) is 0 Å². The summed E-state index contributed by atoms with van der Waals surface area (Å²) in [6, 6.07) is 0. The average Bonchev–Trinajstić information content (AvgIpc) is 2.21. The molecule has 0 aromatic rings. The molecule has 0 aromatic heterocycles. The van der Waals surface area contributed by atoms with Crippen LogP contribution >= 0.6 is 0 Å². The second-order valence-corrected chi connectivity index (χ2v) is 4.30. The summed E-state index contributed by atoms with van der Waals surface area (Å²) in [4.78, 5) is 0. The van der Waals surface area contributed by atoms with Gasteiger partial charge in [0.2, 0.25) is 0 Å². The van der Waals surface area contributed by atoms with Crippen LogP contribution in [0.1, 0.15) is 44.9 Å². The third-order valence-corrected chi connectivity index (χ3v) is 3.39. The molecule has 1 aliphatic carbocycles. The Hall–Kier alpha value is 0.0249. The number of rotatable bonds is 1. The van der Waals surface area contributed by atoms with Crippen molar-refractivity contribution in [3.63, 3.8) is 0 Å². The summed E-state index contributed by atoms with van der Waals surface area (Å²) in [5.74, 6) is 0.916. The summed E-state index contributed by atoms with van der Waals surface area (Å²) in [5.41, 5.74) is 0. The first-order valence-corrected chi connectivity index (χ1v) is 5.58. The van der Waals surface area contributed by atoms with E-state index in [1.54, 1.807) is 0 Å². The van der Waals surface area contributed by atoms with Crippen LogP contribution in [0.25, 0.3) is 0 Å². The second-order valence-electron chi connectivity index (χ2n) is 4.30. The van der Waals surface area contributed by atoms with Gasteiger partial charge in [-0.15, -0.1) is 0 Å². The van der Waals surface area contributed by atoms with Crippen LogP contribution in [-0.4, -0.2) is 13.5 Å². The predicted octanol–water partition coefficient (Wildman–Crippen LogP) is 3.12. The van der Waals surface area contributed by atoms with Crippen molar-refractivity contribution in [3.05, 3.63) is 0 Å². The minimum Gasteiger partial charge on any atom is -0.436 e. The van der Waals surface area contributed by atoms with E-state index in [1.165, 1.54) is 51.3 Å². The molecule has 2 heteroatoms. The van der Waals surface area contributed by atoms with Crippen molar-refractivity contribution in [2.75, 3.05) is 6.61 Å². The Bertz CT molecular complexity index is 110. The van der Waals surface area contributed by atoms with E-state index in [-0.39, 0.29) is 0 Å². The molecule has 2 aliphatic rings. The van der Waals surface area contributed by atoms with E-state index >= 15 is 0 Å². The molecule has 0 N–H and O–H groups in total. The molecule has 0 aromatic carbocycles. The third-order valence-electron chi connectivity index (χ3n) is 3.39. The number of hydrogen-bond donors (Lipinski definition) is 0. The maximum atomic E-state index is 5.82. The van der Waals surface area contributed by atoms with Crippen molar-refractivity contribution >= 4 is 6.92 Å². The van der Waals surface area contributed by atoms with Crippen LogP contribution < -0.4 is 0 Å². The Morgan fingerprint density at radius 3 is 2.42 bits per heavy atom. The van der Waals surface area contributed by atoms with E-state index in [0.29, 0.717) is 6.92 Å². The quantitative estimate of drug-likeness (QED) is 0.543. The van der Waals surface area contributed by atoms with Crippen LogP contribution in [0.2, 0.25) is 12.1 Å². The monoisotopic (exact) mass is 166 g/mol. The SMILES string of the molecule is C1CCC(B2CCCCO2)CC1. The van der Waals surface area contributed by atoms with Gasteiger partial charge in [0.05, 0.1) is 0 Å². The van der Waals surface area contributed by atoms with Gasteiger partial charge in [0.1, 0.15) is 0 Å². The average molecular weight is 166 g/mol. The van der Waals surface area contributed by atoms with Crippen LogP contribution in [-0.2, 0) is 4.65 Å². The molecule has 0 amide bonds. The largest absolute Gasteiger partial charge is 0.436 e. The van der Waals surface area contributed by atoms with Gasteiger partial charge in [-0.25, -0.2) is 0 Å². The Kier molecular flexibility index (Phi) is 3.10. The molecule has 0 spiro atoms. The van der Waals surface area contributed by atoms with Crippen molar-refractivity contribution in [2.24, 2.45) is 0 Å². The summed E-state index contributed by atoms with van der Waals surface area (Å²) in [6.45, 7) is 1.67. The molecule has 2 fully saturated rings. The van der Waals surface area contributed by atoms with E-state index in [4.69, 9.17) is 4.65 Å². The lowest BCUT2D eigenvalue weighted by atomic mass is 9.48. The fourth-order valence-electron chi connectivity index (χ4n) is 2.64. The second kappa shape index (κ2) is 4.31. The first-order valence-electron chi connectivity index (χ1n) is 5.58. The highest BCUT2D eigenvalue weighted by atomic mass is 16.4. The standard InChI is InChI=1S/C10H19BO/c1-2-6-10(7-3-1)11-8-4-5-9-12-11/h10H,1-9H2. The van der Waals surface area contributed by atoms with Gasteiger partial charge in [-0.05, 0) is 18.6 Å². The summed E-state index contributed by atoms with van der Waals surface area (Å²) in [7, 11) is 0. The van der Waals surface area contributed by atoms with E-state index in [1.807, 2.05) is 0 Å². The minimum atomic E-state index is 0.638. The maximum absolute atomic E-state index is 5.82. The van der Waals surface area contributed by atoms with Gasteiger partial charge >= 0.3 is 0 Å². The lowest BCUT2D eigenvalue weighted by Gasteiger charge is -2.30. The van der Waals surface area contributed by atoms with Crippen molar-refractivity contribution in [1.82, 2.24) is 0 Å². The van der Waals surface area contributed by atoms with E-state index in [0.717, 1.165) is 12.4 Å². The maximum Gasteiger partial charge on any atom is 0.296 e. The molecule has 1 heterocycles. The van der Waals surface area contributed by atoms with Gasteiger partial charge in [0.15, 0.2) is 0 Å². The van der Waals surface area contributed by atoms with Crippen molar-refractivity contribution < 1.29 is 4.65 Å². The van der Waals surface area contributed by atoms with Crippen molar-refractivity contribution in [2.45, 2.75) is 57.1 Å². The molecule has 68 valence electrons. The molecule has 1 saturated carbocycles. The lowest BCUT2D eigenvalue weighted by molar-refractivity contribution is 0.270. The normalized spacial score (nSPS) is 27.5. The van der Waals surface area contributed by atoms with Gasteiger partial charge in [-0.1, -0.05) is 38.5 Å². The number of hydrogen-bond acceptors (Lipinski definition) is 1. The molecule has 1 nitrogen and oxygen atoms in total. The molecule has 0 unspecified atom stereocenters. The first-order chi connectivity index (χ1) is 5.97. The lowest BCUT2D eigenvalue weighted by Crippen LogP contribution is -2.30. The predicted molar refractivity (Wildman–Crippen MR) is 52.6 cm³/mol.